The molecule has 0 N–H and O–H groups in total. The van der Waals surface area contributed by atoms with Crippen LogP contribution in [0.15, 0.2) is 36.7 Å². The molecule has 0 amide bonds. The number of rotatable bonds is 5. The highest BCUT2D eigenvalue weighted by molar-refractivity contribution is 6.16. The van der Waals surface area contributed by atoms with Crippen LogP contribution in [0.4, 0.5) is 0 Å². The van der Waals surface area contributed by atoms with E-state index in [0.29, 0.717) is 19.0 Å². The van der Waals surface area contributed by atoms with Gasteiger partial charge >= 0.3 is 0 Å². The summed E-state index contributed by atoms with van der Waals surface area (Å²) in [5.74, 6) is 1.99. The van der Waals surface area contributed by atoms with Gasteiger partial charge in [0.1, 0.15) is 24.5 Å². The fourth-order valence-corrected chi connectivity index (χ4v) is 1.55. The summed E-state index contributed by atoms with van der Waals surface area (Å²) in [7, 11) is 0. The van der Waals surface area contributed by atoms with Crippen molar-refractivity contribution in [1.82, 2.24) is 14.8 Å². The minimum absolute atomic E-state index is 0.366. The Kier molecular flexibility index (Phi) is 3.77. The second-order valence-corrected chi connectivity index (χ2v) is 3.50. The smallest absolute Gasteiger partial charge is 0.147 e. The van der Waals surface area contributed by atoms with E-state index >= 15 is 0 Å². The Labute approximate surface area is 98.8 Å². The van der Waals surface area contributed by atoms with Crippen LogP contribution in [-0.2, 0) is 12.4 Å². The Morgan fingerprint density at radius 1 is 1.25 bits per heavy atom. The van der Waals surface area contributed by atoms with E-state index in [9.17, 15) is 0 Å². The Morgan fingerprint density at radius 3 is 2.81 bits per heavy atom. The first-order valence-corrected chi connectivity index (χ1v) is 5.54. The Hall–Kier alpha value is -1.55. The number of aromatic nitrogens is 3. The highest BCUT2D eigenvalue weighted by atomic mass is 35.5. The van der Waals surface area contributed by atoms with Gasteiger partial charge in [-0.15, -0.1) is 21.8 Å². The first kappa shape index (κ1) is 11.0. The van der Waals surface area contributed by atoms with E-state index in [0.717, 1.165) is 11.6 Å². The molecule has 0 atom stereocenters. The van der Waals surface area contributed by atoms with Crippen molar-refractivity contribution in [2.24, 2.45) is 0 Å². The molecule has 2 rings (SSSR count). The van der Waals surface area contributed by atoms with Crippen LogP contribution in [0.5, 0.6) is 5.75 Å². The summed E-state index contributed by atoms with van der Waals surface area (Å²) in [6.07, 6.45) is 1.66. The van der Waals surface area contributed by atoms with Crippen LogP contribution >= 0.6 is 11.6 Å². The maximum absolute atomic E-state index is 5.71. The van der Waals surface area contributed by atoms with E-state index in [-0.39, 0.29) is 0 Å². The molecular weight excluding hydrogens is 226 g/mol. The predicted molar refractivity (Wildman–Crippen MR) is 61.5 cm³/mol. The summed E-state index contributed by atoms with van der Waals surface area (Å²) < 4.78 is 7.44. The van der Waals surface area contributed by atoms with Crippen molar-refractivity contribution in [3.05, 3.63) is 42.5 Å². The number of hydrogen-bond acceptors (Lipinski definition) is 3. The van der Waals surface area contributed by atoms with Gasteiger partial charge in [0.15, 0.2) is 0 Å². The molecule has 0 aliphatic carbocycles. The van der Waals surface area contributed by atoms with Crippen LogP contribution in [0, 0.1) is 0 Å². The quantitative estimate of drug-likeness (QED) is 0.748. The van der Waals surface area contributed by atoms with Gasteiger partial charge in [0.2, 0.25) is 0 Å². The average molecular weight is 238 g/mol. The maximum atomic E-state index is 5.71. The summed E-state index contributed by atoms with van der Waals surface area (Å²) in [6, 6.07) is 9.69. The summed E-state index contributed by atoms with van der Waals surface area (Å²) in [4.78, 5) is 0. The normalized spacial score (nSPS) is 10.3. The van der Waals surface area contributed by atoms with Crippen LogP contribution < -0.4 is 4.74 Å². The standard InChI is InChI=1S/C11H12ClN3O/c12-8-11-14-13-9-15(11)6-7-16-10-4-2-1-3-5-10/h1-5,9H,6-8H2. The molecule has 1 aromatic carbocycles. The van der Waals surface area contributed by atoms with E-state index in [2.05, 4.69) is 10.2 Å². The highest BCUT2D eigenvalue weighted by Gasteiger charge is 2.01. The number of nitrogens with zero attached hydrogens (tertiary/aromatic N) is 3. The molecule has 5 heteroatoms. The number of alkyl halides is 1. The highest BCUT2D eigenvalue weighted by Crippen LogP contribution is 2.08. The molecule has 0 radical (unpaired) electrons. The molecule has 0 aliphatic rings. The van der Waals surface area contributed by atoms with Crippen molar-refractivity contribution in [1.29, 1.82) is 0 Å². The summed E-state index contributed by atoms with van der Waals surface area (Å²) in [5, 5.41) is 7.68. The zero-order valence-corrected chi connectivity index (χ0v) is 9.47. The molecule has 0 aliphatic heterocycles. The molecule has 1 heterocycles. The largest absolute Gasteiger partial charge is 0.492 e. The fraction of sp³-hybridized carbons (Fsp3) is 0.273. The van der Waals surface area contributed by atoms with E-state index in [4.69, 9.17) is 16.3 Å². The predicted octanol–water partition coefficient (Wildman–Crippen LogP) is 2.10. The summed E-state index contributed by atoms with van der Waals surface area (Å²) >= 11 is 5.71. The lowest BCUT2D eigenvalue weighted by atomic mass is 10.3. The number of hydrogen-bond donors (Lipinski definition) is 0. The van der Waals surface area contributed by atoms with Gasteiger partial charge in [-0.25, -0.2) is 0 Å². The summed E-state index contributed by atoms with van der Waals surface area (Å²) in [6.45, 7) is 1.27. The molecule has 4 nitrogen and oxygen atoms in total. The fourth-order valence-electron chi connectivity index (χ4n) is 1.35. The van der Waals surface area contributed by atoms with E-state index in [1.165, 1.54) is 0 Å². The Balaban J connectivity index is 1.85. The van der Waals surface area contributed by atoms with E-state index < -0.39 is 0 Å². The lowest BCUT2D eigenvalue weighted by Crippen LogP contribution is -2.09. The number of halogens is 1. The Morgan fingerprint density at radius 2 is 2.06 bits per heavy atom. The van der Waals surface area contributed by atoms with Gasteiger partial charge < -0.3 is 9.30 Å². The minimum atomic E-state index is 0.366. The lowest BCUT2D eigenvalue weighted by Gasteiger charge is -2.07. The molecule has 1 aromatic heterocycles. The SMILES string of the molecule is ClCc1nncn1CCOc1ccccc1. The third-order valence-electron chi connectivity index (χ3n) is 2.16. The molecule has 0 bridgehead atoms. The van der Waals surface area contributed by atoms with Crippen molar-refractivity contribution in [2.75, 3.05) is 6.61 Å². The second-order valence-electron chi connectivity index (χ2n) is 3.24. The van der Waals surface area contributed by atoms with Crippen molar-refractivity contribution >= 4 is 11.6 Å². The van der Waals surface area contributed by atoms with Crippen LogP contribution in [0.3, 0.4) is 0 Å². The minimum Gasteiger partial charge on any atom is -0.492 e. The first-order chi connectivity index (χ1) is 7.90. The van der Waals surface area contributed by atoms with Crippen molar-refractivity contribution in [3.63, 3.8) is 0 Å². The van der Waals surface area contributed by atoms with Gasteiger partial charge in [0, 0.05) is 0 Å². The lowest BCUT2D eigenvalue weighted by molar-refractivity contribution is 0.296. The van der Waals surface area contributed by atoms with Crippen LogP contribution in [0.2, 0.25) is 0 Å². The van der Waals surface area contributed by atoms with Gasteiger partial charge in [-0.3, -0.25) is 0 Å². The van der Waals surface area contributed by atoms with Gasteiger partial charge in [-0.1, -0.05) is 18.2 Å². The topological polar surface area (TPSA) is 39.9 Å². The van der Waals surface area contributed by atoms with Gasteiger partial charge in [-0.05, 0) is 12.1 Å². The Bertz CT molecular complexity index is 430. The molecule has 16 heavy (non-hydrogen) atoms. The molecule has 0 unspecified atom stereocenters. The number of ether oxygens (including phenoxy) is 1. The van der Waals surface area contributed by atoms with Crippen molar-refractivity contribution in [2.45, 2.75) is 12.4 Å². The van der Waals surface area contributed by atoms with E-state index in [1.807, 2.05) is 34.9 Å². The maximum Gasteiger partial charge on any atom is 0.147 e. The van der Waals surface area contributed by atoms with Crippen LogP contribution in [0.1, 0.15) is 5.82 Å². The van der Waals surface area contributed by atoms with Gasteiger partial charge in [-0.2, -0.15) is 0 Å². The number of para-hydroxylation sites is 1. The molecule has 0 spiro atoms. The number of benzene rings is 1. The van der Waals surface area contributed by atoms with Gasteiger partial charge in [0.25, 0.3) is 0 Å². The molecule has 0 saturated carbocycles. The molecular formula is C11H12ClN3O. The molecule has 2 aromatic rings. The zero-order valence-electron chi connectivity index (χ0n) is 8.71. The zero-order chi connectivity index (χ0) is 11.2. The van der Waals surface area contributed by atoms with Crippen molar-refractivity contribution in [3.8, 4) is 5.75 Å². The molecule has 0 saturated heterocycles. The monoisotopic (exact) mass is 237 g/mol. The summed E-state index contributed by atoms with van der Waals surface area (Å²) in [5.41, 5.74) is 0. The first-order valence-electron chi connectivity index (χ1n) is 5.00. The third-order valence-corrected chi connectivity index (χ3v) is 2.40. The van der Waals surface area contributed by atoms with Crippen molar-refractivity contribution < 1.29 is 4.74 Å². The molecule has 0 fully saturated rings. The third kappa shape index (κ3) is 2.73. The van der Waals surface area contributed by atoms with E-state index in [1.54, 1.807) is 6.33 Å². The second kappa shape index (κ2) is 5.51. The molecule has 84 valence electrons. The van der Waals surface area contributed by atoms with Crippen LogP contribution in [0.25, 0.3) is 0 Å². The van der Waals surface area contributed by atoms with Gasteiger partial charge in [0.05, 0.1) is 12.4 Å². The van der Waals surface area contributed by atoms with Crippen LogP contribution in [-0.4, -0.2) is 21.4 Å². The average Bonchev–Trinajstić information content (AvgIpc) is 2.78.